The van der Waals surface area contributed by atoms with Crippen LogP contribution in [0.5, 0.6) is 0 Å². The number of benzene rings is 1. The van der Waals surface area contributed by atoms with Crippen molar-refractivity contribution in [3.63, 3.8) is 0 Å². The summed E-state index contributed by atoms with van der Waals surface area (Å²) in [4.78, 5) is 54.5. The first-order chi connectivity index (χ1) is 14.4. The van der Waals surface area contributed by atoms with Crippen molar-refractivity contribution in [1.29, 1.82) is 0 Å². The summed E-state index contributed by atoms with van der Waals surface area (Å²) < 4.78 is 14.8. The second-order valence-electron chi connectivity index (χ2n) is 7.64. The van der Waals surface area contributed by atoms with Crippen molar-refractivity contribution in [2.45, 2.75) is 31.7 Å². The van der Waals surface area contributed by atoms with Crippen molar-refractivity contribution >= 4 is 29.3 Å². The van der Waals surface area contributed by atoms with E-state index < -0.39 is 35.5 Å². The highest BCUT2D eigenvalue weighted by molar-refractivity contribution is 6.23. The lowest BCUT2D eigenvalue weighted by Crippen LogP contribution is -2.54. The van der Waals surface area contributed by atoms with Gasteiger partial charge in [0.25, 0.3) is 11.8 Å². The number of nitrogens with zero attached hydrogens (tertiary/aromatic N) is 5. The molecule has 0 spiro atoms. The lowest BCUT2D eigenvalue weighted by molar-refractivity contribution is -0.136. The molecular formula is C19H19FN6O4. The maximum Gasteiger partial charge on any atom is 0.262 e. The molecule has 1 atom stereocenters. The van der Waals surface area contributed by atoms with Crippen LogP contribution in [-0.4, -0.2) is 54.2 Å². The van der Waals surface area contributed by atoms with Crippen LogP contribution in [-0.2, 0) is 9.59 Å². The number of hydrogen-bond donors (Lipinski definition) is 1. The molecule has 11 heteroatoms. The third-order valence-electron chi connectivity index (χ3n) is 5.87. The number of carbonyl (C=O) groups is 4. The van der Waals surface area contributed by atoms with E-state index in [0.29, 0.717) is 32.5 Å². The minimum Gasteiger partial charge on any atom is -0.369 e. The average Bonchev–Trinajstić information content (AvgIpc) is 2.96. The first-order valence-electron chi connectivity index (χ1n) is 9.71. The molecule has 0 aromatic heterocycles. The summed E-state index contributed by atoms with van der Waals surface area (Å²) in [6.45, 7) is 1.45. The highest BCUT2D eigenvalue weighted by Gasteiger charge is 2.45. The zero-order valence-corrected chi connectivity index (χ0v) is 16.0. The Morgan fingerprint density at radius 1 is 1.10 bits per heavy atom. The number of halogens is 1. The van der Waals surface area contributed by atoms with Crippen molar-refractivity contribution in [2.24, 2.45) is 11.0 Å². The van der Waals surface area contributed by atoms with Gasteiger partial charge < -0.3 is 4.90 Å². The van der Waals surface area contributed by atoms with Gasteiger partial charge in [-0.05, 0) is 42.8 Å². The molecular weight excluding hydrogens is 395 g/mol. The number of anilines is 1. The Kier molecular flexibility index (Phi) is 5.13. The Balaban J connectivity index is 1.56. The topological polar surface area (TPSA) is 136 Å². The van der Waals surface area contributed by atoms with Gasteiger partial charge in [0.05, 0.1) is 16.8 Å². The fourth-order valence-electron chi connectivity index (χ4n) is 4.23. The van der Waals surface area contributed by atoms with Gasteiger partial charge in [-0.15, -0.1) is 0 Å². The van der Waals surface area contributed by atoms with Crippen LogP contribution in [0.15, 0.2) is 17.2 Å². The average molecular weight is 414 g/mol. The van der Waals surface area contributed by atoms with E-state index in [9.17, 15) is 23.6 Å². The predicted molar refractivity (Wildman–Crippen MR) is 102 cm³/mol. The molecule has 3 heterocycles. The van der Waals surface area contributed by atoms with Crippen molar-refractivity contribution < 1.29 is 23.6 Å². The number of hydrogen-bond acceptors (Lipinski definition) is 6. The van der Waals surface area contributed by atoms with E-state index >= 15 is 0 Å². The summed E-state index contributed by atoms with van der Waals surface area (Å²) >= 11 is 0. The van der Waals surface area contributed by atoms with Gasteiger partial charge in [0, 0.05) is 31.0 Å². The van der Waals surface area contributed by atoms with Gasteiger partial charge in [-0.1, -0.05) is 5.11 Å². The Labute approximate surface area is 170 Å². The summed E-state index contributed by atoms with van der Waals surface area (Å²) in [5.74, 6) is -2.95. The second-order valence-corrected chi connectivity index (χ2v) is 7.64. The SMILES string of the molecule is [N-]=[N+]=NCC1CCN(c2cc3c(cc2F)C(=O)N(C2CCC(=O)NC2=O)C3=O)CC1. The number of fused-ring (bicyclic) bond motifs is 1. The van der Waals surface area contributed by atoms with Crippen LogP contribution in [0.1, 0.15) is 46.4 Å². The number of piperidine rings is 2. The number of amides is 4. The molecule has 0 saturated carbocycles. The quantitative estimate of drug-likeness (QED) is 0.346. The van der Waals surface area contributed by atoms with Gasteiger partial charge in [-0.2, -0.15) is 0 Å². The molecule has 1 N–H and O–H groups in total. The zero-order chi connectivity index (χ0) is 21.4. The van der Waals surface area contributed by atoms with Crippen LogP contribution < -0.4 is 10.2 Å². The lowest BCUT2D eigenvalue weighted by Gasteiger charge is -2.33. The highest BCUT2D eigenvalue weighted by Crippen LogP contribution is 2.34. The summed E-state index contributed by atoms with van der Waals surface area (Å²) in [5.41, 5.74) is 8.64. The molecule has 30 heavy (non-hydrogen) atoms. The van der Waals surface area contributed by atoms with Gasteiger partial charge in [0.1, 0.15) is 11.9 Å². The van der Waals surface area contributed by atoms with E-state index in [2.05, 4.69) is 15.3 Å². The van der Waals surface area contributed by atoms with Crippen LogP contribution >= 0.6 is 0 Å². The predicted octanol–water partition coefficient (Wildman–Crippen LogP) is 1.75. The van der Waals surface area contributed by atoms with E-state index in [1.54, 1.807) is 4.90 Å². The van der Waals surface area contributed by atoms with Crippen molar-refractivity contribution in [2.75, 3.05) is 24.5 Å². The molecule has 1 aromatic carbocycles. The third kappa shape index (κ3) is 3.37. The molecule has 156 valence electrons. The molecule has 3 aliphatic heterocycles. The number of carbonyl (C=O) groups excluding carboxylic acids is 4. The maximum atomic E-state index is 14.8. The number of azide groups is 1. The number of rotatable bonds is 4. The van der Waals surface area contributed by atoms with Crippen molar-refractivity contribution in [3.05, 3.63) is 39.5 Å². The Hall–Kier alpha value is -3.46. The van der Waals surface area contributed by atoms with Gasteiger partial charge >= 0.3 is 0 Å². The highest BCUT2D eigenvalue weighted by atomic mass is 19.1. The van der Waals surface area contributed by atoms with Crippen molar-refractivity contribution in [1.82, 2.24) is 10.2 Å². The first-order valence-corrected chi connectivity index (χ1v) is 9.71. The number of imide groups is 2. The second kappa shape index (κ2) is 7.75. The standard InChI is InChI=1S/C19H19FN6O4/c20-13-7-11-12(8-15(13)25-5-3-10(4-6-25)9-22-24-21)19(30)26(18(11)29)14-1-2-16(27)23-17(14)28/h7-8,10,14H,1-6,9H2,(H,23,27,28). The molecule has 4 amide bonds. The van der Waals surface area contributed by atoms with E-state index in [0.717, 1.165) is 11.0 Å². The van der Waals surface area contributed by atoms with E-state index in [-0.39, 0.29) is 35.6 Å². The largest absolute Gasteiger partial charge is 0.369 e. The van der Waals surface area contributed by atoms with Gasteiger partial charge in [0.15, 0.2) is 0 Å². The molecule has 0 radical (unpaired) electrons. The minimum atomic E-state index is -1.09. The molecule has 3 aliphatic rings. The Bertz CT molecular complexity index is 997. The molecule has 1 aromatic rings. The summed E-state index contributed by atoms with van der Waals surface area (Å²) in [7, 11) is 0. The third-order valence-corrected chi connectivity index (χ3v) is 5.87. The van der Waals surface area contributed by atoms with Gasteiger partial charge in [-0.25, -0.2) is 4.39 Å². The lowest BCUT2D eigenvalue weighted by atomic mass is 9.96. The fourth-order valence-corrected chi connectivity index (χ4v) is 4.23. The Morgan fingerprint density at radius 2 is 1.77 bits per heavy atom. The van der Waals surface area contributed by atoms with E-state index in [1.165, 1.54) is 6.07 Å². The monoisotopic (exact) mass is 414 g/mol. The number of nitrogens with one attached hydrogen (secondary N) is 1. The molecule has 10 nitrogen and oxygen atoms in total. The molecule has 1 unspecified atom stereocenters. The smallest absolute Gasteiger partial charge is 0.262 e. The molecule has 2 saturated heterocycles. The molecule has 2 fully saturated rings. The summed E-state index contributed by atoms with van der Waals surface area (Å²) in [5, 5.41) is 5.72. The molecule has 0 aliphatic carbocycles. The van der Waals surface area contributed by atoms with Crippen LogP contribution in [0.2, 0.25) is 0 Å². The molecule has 4 rings (SSSR count). The van der Waals surface area contributed by atoms with E-state index in [4.69, 9.17) is 5.53 Å². The van der Waals surface area contributed by atoms with Crippen LogP contribution in [0.25, 0.3) is 10.4 Å². The molecule has 0 bridgehead atoms. The van der Waals surface area contributed by atoms with Crippen LogP contribution in [0.3, 0.4) is 0 Å². The van der Waals surface area contributed by atoms with Crippen molar-refractivity contribution in [3.8, 4) is 0 Å². The Morgan fingerprint density at radius 3 is 2.40 bits per heavy atom. The summed E-state index contributed by atoms with van der Waals surface area (Å²) in [6.07, 6.45) is 1.49. The normalized spacial score (nSPS) is 22.1. The van der Waals surface area contributed by atoms with Gasteiger partial charge in [-0.3, -0.25) is 29.4 Å². The summed E-state index contributed by atoms with van der Waals surface area (Å²) in [6, 6.07) is 1.32. The van der Waals surface area contributed by atoms with Gasteiger partial charge in [0.2, 0.25) is 11.8 Å². The minimum absolute atomic E-state index is 0.0220. The van der Waals surface area contributed by atoms with E-state index in [1.807, 2.05) is 0 Å². The van der Waals surface area contributed by atoms with Crippen LogP contribution in [0.4, 0.5) is 10.1 Å². The zero-order valence-electron chi connectivity index (χ0n) is 16.0. The van der Waals surface area contributed by atoms with Crippen LogP contribution in [0, 0.1) is 11.7 Å². The first kappa shape index (κ1) is 19.8. The maximum absolute atomic E-state index is 14.8. The fraction of sp³-hybridized carbons (Fsp3) is 0.474.